The standard InChI is InChI=1S/C26H33N3O4/c1-16-14-29(15-17(2)33-16)12-13-32-23-11-10-22(26(30)18(23)3)25-24(19(4)27-28-25)20-6-8-21(31-5)9-7-20/h6-11,16-17,30H,12-15H2,1-5H3,(H,27,28)/t16-,17-/m1/s1. The lowest BCUT2D eigenvalue weighted by molar-refractivity contribution is -0.0699. The van der Waals surface area contributed by atoms with Gasteiger partial charge >= 0.3 is 0 Å². The Morgan fingerprint density at radius 1 is 1.09 bits per heavy atom. The summed E-state index contributed by atoms with van der Waals surface area (Å²) >= 11 is 0. The summed E-state index contributed by atoms with van der Waals surface area (Å²) in [4.78, 5) is 2.36. The van der Waals surface area contributed by atoms with Crippen LogP contribution in [0, 0.1) is 13.8 Å². The molecule has 0 saturated carbocycles. The third kappa shape index (κ3) is 4.99. The van der Waals surface area contributed by atoms with Gasteiger partial charge in [0.25, 0.3) is 0 Å². The molecule has 1 saturated heterocycles. The zero-order valence-corrected chi connectivity index (χ0v) is 20.0. The van der Waals surface area contributed by atoms with Gasteiger partial charge in [0.15, 0.2) is 0 Å². The number of H-pyrrole nitrogens is 1. The molecule has 7 nitrogen and oxygen atoms in total. The summed E-state index contributed by atoms with van der Waals surface area (Å²) in [7, 11) is 1.65. The molecular formula is C26H33N3O4. The van der Waals surface area contributed by atoms with Gasteiger partial charge in [0.1, 0.15) is 29.5 Å². The van der Waals surface area contributed by atoms with E-state index in [-0.39, 0.29) is 18.0 Å². The SMILES string of the molecule is COc1ccc(-c2c(-c3ccc(OCCN4C[C@@H](C)O[C@H](C)C4)c(C)c3O)n[nH]c2C)cc1. The van der Waals surface area contributed by atoms with Crippen molar-refractivity contribution in [1.82, 2.24) is 15.1 Å². The number of morpholine rings is 1. The largest absolute Gasteiger partial charge is 0.507 e. The van der Waals surface area contributed by atoms with E-state index in [0.717, 1.165) is 42.2 Å². The minimum atomic E-state index is 0.183. The van der Waals surface area contributed by atoms with Crippen molar-refractivity contribution < 1.29 is 19.3 Å². The molecule has 1 aliphatic heterocycles. The van der Waals surface area contributed by atoms with Crippen LogP contribution in [0.2, 0.25) is 0 Å². The van der Waals surface area contributed by atoms with Crippen LogP contribution < -0.4 is 9.47 Å². The molecule has 1 aliphatic rings. The maximum absolute atomic E-state index is 11.0. The molecule has 2 atom stereocenters. The van der Waals surface area contributed by atoms with E-state index in [1.165, 1.54) is 0 Å². The van der Waals surface area contributed by atoms with Crippen LogP contribution in [-0.4, -0.2) is 65.8 Å². The van der Waals surface area contributed by atoms with Gasteiger partial charge in [0.05, 0.1) is 19.3 Å². The monoisotopic (exact) mass is 451 g/mol. The van der Waals surface area contributed by atoms with Gasteiger partial charge in [-0.1, -0.05) is 12.1 Å². The third-order valence-electron chi connectivity index (χ3n) is 6.12. The van der Waals surface area contributed by atoms with Crippen molar-refractivity contribution >= 4 is 0 Å². The summed E-state index contributed by atoms with van der Waals surface area (Å²) in [5.41, 5.74) is 4.98. The second-order valence-electron chi connectivity index (χ2n) is 8.75. The molecule has 0 spiro atoms. The molecule has 2 heterocycles. The van der Waals surface area contributed by atoms with E-state index < -0.39 is 0 Å². The van der Waals surface area contributed by atoms with Crippen molar-refractivity contribution in [2.75, 3.05) is 33.4 Å². The molecular weight excluding hydrogens is 418 g/mol. The normalized spacial score (nSPS) is 18.9. The molecule has 3 aromatic rings. The Hall–Kier alpha value is -3.03. The maximum Gasteiger partial charge on any atom is 0.131 e. The van der Waals surface area contributed by atoms with Crippen molar-refractivity contribution in [3.8, 4) is 39.6 Å². The maximum atomic E-state index is 11.0. The Bertz CT molecular complexity index is 1080. The zero-order valence-electron chi connectivity index (χ0n) is 20.0. The molecule has 33 heavy (non-hydrogen) atoms. The van der Waals surface area contributed by atoms with Gasteiger partial charge in [-0.2, -0.15) is 5.10 Å². The Morgan fingerprint density at radius 2 is 1.79 bits per heavy atom. The smallest absolute Gasteiger partial charge is 0.131 e. The highest BCUT2D eigenvalue weighted by molar-refractivity contribution is 5.86. The highest BCUT2D eigenvalue weighted by Crippen LogP contribution is 2.41. The number of rotatable bonds is 7. The second-order valence-corrected chi connectivity index (χ2v) is 8.75. The van der Waals surface area contributed by atoms with Crippen LogP contribution >= 0.6 is 0 Å². The first-order chi connectivity index (χ1) is 15.9. The number of benzene rings is 2. The minimum absolute atomic E-state index is 0.183. The molecule has 0 unspecified atom stereocenters. The average molecular weight is 452 g/mol. The van der Waals surface area contributed by atoms with Crippen molar-refractivity contribution in [3.63, 3.8) is 0 Å². The van der Waals surface area contributed by atoms with Crippen molar-refractivity contribution in [2.45, 2.75) is 39.9 Å². The summed E-state index contributed by atoms with van der Waals surface area (Å²) in [5.74, 6) is 1.66. The van der Waals surface area contributed by atoms with E-state index in [0.29, 0.717) is 29.2 Å². The van der Waals surface area contributed by atoms with Crippen molar-refractivity contribution in [3.05, 3.63) is 47.7 Å². The number of phenols is 1. The Morgan fingerprint density at radius 3 is 2.45 bits per heavy atom. The van der Waals surface area contributed by atoms with E-state index in [4.69, 9.17) is 14.2 Å². The fraction of sp³-hybridized carbons (Fsp3) is 0.423. The number of ether oxygens (including phenoxy) is 3. The van der Waals surface area contributed by atoms with Crippen molar-refractivity contribution in [1.29, 1.82) is 0 Å². The summed E-state index contributed by atoms with van der Waals surface area (Å²) in [6.07, 6.45) is 0.465. The number of aromatic nitrogens is 2. The van der Waals surface area contributed by atoms with Crippen LogP contribution in [0.15, 0.2) is 36.4 Å². The number of hydrogen-bond donors (Lipinski definition) is 2. The summed E-state index contributed by atoms with van der Waals surface area (Å²) in [6, 6.07) is 11.6. The molecule has 0 bridgehead atoms. The molecule has 1 aromatic heterocycles. The predicted molar refractivity (Wildman–Crippen MR) is 129 cm³/mol. The Kier molecular flexibility index (Phi) is 6.91. The highest BCUT2D eigenvalue weighted by Gasteiger charge is 2.23. The Balaban J connectivity index is 1.52. The summed E-state index contributed by atoms with van der Waals surface area (Å²) < 4.78 is 17.1. The topological polar surface area (TPSA) is 79.8 Å². The fourth-order valence-electron chi connectivity index (χ4n) is 4.52. The highest BCUT2D eigenvalue weighted by atomic mass is 16.5. The third-order valence-corrected chi connectivity index (χ3v) is 6.12. The van der Waals surface area contributed by atoms with E-state index in [2.05, 4.69) is 28.9 Å². The van der Waals surface area contributed by atoms with Crippen LogP contribution in [-0.2, 0) is 4.74 Å². The van der Waals surface area contributed by atoms with Gasteiger partial charge < -0.3 is 19.3 Å². The molecule has 2 N–H and O–H groups in total. The fourth-order valence-corrected chi connectivity index (χ4v) is 4.52. The number of hydrogen-bond acceptors (Lipinski definition) is 6. The van der Waals surface area contributed by atoms with Crippen LogP contribution in [0.4, 0.5) is 0 Å². The van der Waals surface area contributed by atoms with Gasteiger partial charge in [-0.25, -0.2) is 0 Å². The quantitative estimate of drug-likeness (QED) is 0.548. The Labute approximate surface area is 195 Å². The lowest BCUT2D eigenvalue weighted by atomic mass is 9.97. The number of phenolic OH excluding ortho intramolecular Hbond substituents is 1. The van der Waals surface area contributed by atoms with E-state index in [1.54, 1.807) is 7.11 Å². The predicted octanol–water partition coefficient (Wildman–Crippen LogP) is 4.56. The summed E-state index contributed by atoms with van der Waals surface area (Å²) in [5, 5.41) is 18.6. The molecule has 2 aromatic carbocycles. The summed E-state index contributed by atoms with van der Waals surface area (Å²) in [6.45, 7) is 11.2. The molecule has 0 aliphatic carbocycles. The molecule has 176 valence electrons. The minimum Gasteiger partial charge on any atom is -0.507 e. The van der Waals surface area contributed by atoms with Crippen LogP contribution in [0.3, 0.4) is 0 Å². The van der Waals surface area contributed by atoms with Gasteiger partial charge in [0.2, 0.25) is 0 Å². The van der Waals surface area contributed by atoms with Crippen LogP contribution in [0.25, 0.3) is 22.4 Å². The second kappa shape index (κ2) is 9.85. The number of methoxy groups -OCH3 is 1. The lowest BCUT2D eigenvalue weighted by Gasteiger charge is -2.35. The first-order valence-corrected chi connectivity index (χ1v) is 11.4. The zero-order chi connectivity index (χ0) is 23.5. The van der Waals surface area contributed by atoms with Gasteiger partial charge in [0, 0.05) is 42.0 Å². The van der Waals surface area contributed by atoms with Gasteiger partial charge in [-0.15, -0.1) is 0 Å². The molecule has 1 fully saturated rings. The van der Waals surface area contributed by atoms with E-state index >= 15 is 0 Å². The number of aryl methyl sites for hydroxylation is 1. The average Bonchev–Trinajstić information content (AvgIpc) is 3.17. The number of aromatic amines is 1. The number of nitrogens with one attached hydrogen (secondary N) is 1. The van der Waals surface area contributed by atoms with Gasteiger partial charge in [-0.3, -0.25) is 10.00 Å². The molecule has 4 rings (SSSR count). The van der Waals surface area contributed by atoms with Crippen LogP contribution in [0.1, 0.15) is 25.1 Å². The first-order valence-electron chi connectivity index (χ1n) is 11.4. The molecule has 0 amide bonds. The van der Waals surface area contributed by atoms with Crippen molar-refractivity contribution in [2.24, 2.45) is 0 Å². The van der Waals surface area contributed by atoms with E-state index in [9.17, 15) is 5.11 Å². The van der Waals surface area contributed by atoms with Gasteiger partial charge in [-0.05, 0) is 57.5 Å². The number of nitrogens with zero attached hydrogens (tertiary/aromatic N) is 2. The molecule has 0 radical (unpaired) electrons. The first kappa shape index (κ1) is 23.1. The lowest BCUT2D eigenvalue weighted by Crippen LogP contribution is -2.46. The van der Waals surface area contributed by atoms with Crippen LogP contribution in [0.5, 0.6) is 17.2 Å². The number of aromatic hydroxyl groups is 1. The van der Waals surface area contributed by atoms with E-state index in [1.807, 2.05) is 50.2 Å². The molecule has 7 heteroatoms.